The van der Waals surface area contributed by atoms with Gasteiger partial charge in [-0.2, -0.15) is 13.2 Å². The second-order valence-corrected chi connectivity index (χ2v) is 8.46. The smallest absolute Gasteiger partial charge is 0.392 e. The molecule has 1 aliphatic heterocycles. The number of alkyl halides is 3. The first-order valence-electron chi connectivity index (χ1n) is 5.34. The van der Waals surface area contributed by atoms with Crippen LogP contribution >= 0.6 is 10.5 Å². The number of rotatable bonds is 3. The van der Waals surface area contributed by atoms with Crippen molar-refractivity contribution < 1.29 is 30.6 Å². The summed E-state index contributed by atoms with van der Waals surface area (Å²) < 4.78 is 69.0. The molecule has 1 unspecified atom stereocenters. The lowest BCUT2D eigenvalue weighted by molar-refractivity contribution is -0.133. The molecular weight excluding hydrogens is 319 g/mol. The molecule has 1 heterocycles. The van der Waals surface area contributed by atoms with Gasteiger partial charge in [-0.3, -0.25) is 4.79 Å². The first-order chi connectivity index (χ1) is 9.16. The van der Waals surface area contributed by atoms with Crippen molar-refractivity contribution in [1.82, 2.24) is 4.13 Å². The number of nitrogens with one attached hydrogen (secondary N) is 1. The van der Waals surface area contributed by atoms with Crippen LogP contribution in [0.3, 0.4) is 0 Å². The zero-order valence-electron chi connectivity index (χ0n) is 9.88. The van der Waals surface area contributed by atoms with Crippen molar-refractivity contribution in [2.75, 3.05) is 5.75 Å². The van der Waals surface area contributed by atoms with Gasteiger partial charge >= 0.3 is 11.5 Å². The fraction of sp³-hybridized carbons (Fsp3) is 0.300. The molecule has 20 heavy (non-hydrogen) atoms. The molecule has 0 aliphatic carbocycles. The van der Waals surface area contributed by atoms with Crippen molar-refractivity contribution in [2.24, 2.45) is 0 Å². The average molecular weight is 329 g/mol. The predicted octanol–water partition coefficient (Wildman–Crippen LogP) is 2.07. The molecule has 112 valence electrons. The fourth-order valence-corrected chi connectivity index (χ4v) is 5.99. The molecule has 1 aliphatic rings. The summed E-state index contributed by atoms with van der Waals surface area (Å²) in [4.78, 5) is 10.7. The van der Waals surface area contributed by atoms with E-state index in [1.54, 1.807) is 4.13 Å². The summed E-state index contributed by atoms with van der Waals surface area (Å²) in [6.07, 6.45) is -0.466. The van der Waals surface area contributed by atoms with Gasteiger partial charge in [-0.05, 0) is 12.1 Å². The third kappa shape index (κ3) is 2.76. The van der Waals surface area contributed by atoms with Crippen LogP contribution < -0.4 is 4.13 Å². The molecule has 5 nitrogen and oxygen atoms in total. The van der Waals surface area contributed by atoms with E-state index in [2.05, 4.69) is 4.18 Å². The predicted molar refractivity (Wildman–Crippen MR) is 66.0 cm³/mol. The van der Waals surface area contributed by atoms with E-state index in [-0.39, 0.29) is 4.90 Å². The molecular formula is C10H10F3NO4S2. The van der Waals surface area contributed by atoms with E-state index in [1.165, 1.54) is 18.2 Å². The van der Waals surface area contributed by atoms with Crippen LogP contribution in [0.5, 0.6) is 0 Å². The highest BCUT2D eigenvalue weighted by molar-refractivity contribution is 8.34. The Labute approximate surface area is 114 Å². The molecule has 0 radical (unpaired) electrons. The Bertz CT molecular complexity index is 617. The number of carbonyl (C=O) groups excluding carboxylic acids is 1. The Morgan fingerprint density at radius 1 is 1.20 bits per heavy atom. The summed E-state index contributed by atoms with van der Waals surface area (Å²) >= 11 is 0. The molecule has 1 fully saturated rings. The first kappa shape index (κ1) is 15.1. The molecule has 1 saturated heterocycles. The third-order valence-electron chi connectivity index (χ3n) is 2.50. The van der Waals surface area contributed by atoms with Gasteiger partial charge in [0.1, 0.15) is 0 Å². The summed E-state index contributed by atoms with van der Waals surface area (Å²) in [7, 11) is -8.64. The van der Waals surface area contributed by atoms with Crippen molar-refractivity contribution in [3.8, 4) is 0 Å². The summed E-state index contributed by atoms with van der Waals surface area (Å²) in [5.41, 5.74) is -4.96. The van der Waals surface area contributed by atoms with Crippen molar-refractivity contribution in [3.63, 3.8) is 0 Å². The van der Waals surface area contributed by atoms with Gasteiger partial charge in [-0.1, -0.05) is 18.2 Å². The maximum absolute atomic E-state index is 13.1. The van der Waals surface area contributed by atoms with Gasteiger partial charge in [0.2, 0.25) is 0 Å². The minimum atomic E-state index is -4.96. The molecule has 1 atom stereocenters. The van der Waals surface area contributed by atoms with Crippen LogP contribution in [0.1, 0.15) is 6.42 Å². The Morgan fingerprint density at radius 2 is 1.80 bits per heavy atom. The Hall–Kier alpha value is -1.26. The average Bonchev–Trinajstić information content (AvgIpc) is 2.72. The molecule has 1 aromatic rings. The Kier molecular flexibility index (Phi) is 3.73. The van der Waals surface area contributed by atoms with E-state index in [4.69, 9.17) is 0 Å². The second kappa shape index (κ2) is 4.93. The molecule has 0 bridgehead atoms. The fourth-order valence-electron chi connectivity index (χ4n) is 1.56. The largest absolute Gasteiger partial charge is 0.470 e. The highest BCUT2D eigenvalue weighted by atomic mass is 32.3. The lowest BCUT2D eigenvalue weighted by atomic mass is 10.4. The minimum absolute atomic E-state index is 0.320. The minimum Gasteiger partial charge on any atom is -0.392 e. The zero-order chi connectivity index (χ0) is 15.0. The van der Waals surface area contributed by atoms with Gasteiger partial charge in [0, 0.05) is 5.75 Å². The van der Waals surface area contributed by atoms with Crippen LogP contribution in [0.4, 0.5) is 13.2 Å². The standard InChI is InChI=1S/C10H10F3NO4S2/c11-10(12,13)19(7-6-9(15)18-19)14-20(16,17)8-4-2-1-3-5-8/h1-5,14H,6-7H2. The highest BCUT2D eigenvalue weighted by Crippen LogP contribution is 2.63. The summed E-state index contributed by atoms with van der Waals surface area (Å²) in [5, 5.41) is 0. The van der Waals surface area contributed by atoms with Gasteiger partial charge in [0.15, 0.2) is 0 Å². The normalized spacial score (nSPS) is 26.9. The molecule has 0 aromatic heterocycles. The Morgan fingerprint density at radius 3 is 2.25 bits per heavy atom. The van der Waals surface area contributed by atoms with Crippen LogP contribution in [0.2, 0.25) is 0 Å². The molecule has 0 saturated carbocycles. The van der Waals surface area contributed by atoms with Gasteiger partial charge in [0.05, 0.1) is 21.8 Å². The summed E-state index contributed by atoms with van der Waals surface area (Å²) in [6, 6.07) is 6.60. The van der Waals surface area contributed by atoms with E-state index in [0.29, 0.717) is 0 Å². The topological polar surface area (TPSA) is 72.5 Å². The van der Waals surface area contributed by atoms with E-state index < -0.39 is 44.2 Å². The van der Waals surface area contributed by atoms with E-state index in [9.17, 15) is 26.4 Å². The number of benzene rings is 1. The molecule has 0 spiro atoms. The number of carbonyl (C=O) groups is 1. The molecule has 2 rings (SSSR count). The number of halogens is 3. The van der Waals surface area contributed by atoms with Crippen LogP contribution in [-0.4, -0.2) is 25.6 Å². The van der Waals surface area contributed by atoms with E-state index in [0.717, 1.165) is 12.1 Å². The van der Waals surface area contributed by atoms with Gasteiger partial charge in [0.25, 0.3) is 10.0 Å². The van der Waals surface area contributed by atoms with Gasteiger partial charge in [-0.25, -0.2) is 8.42 Å². The maximum atomic E-state index is 13.1. The van der Waals surface area contributed by atoms with E-state index >= 15 is 0 Å². The summed E-state index contributed by atoms with van der Waals surface area (Å²) in [6.45, 7) is 0. The maximum Gasteiger partial charge on any atom is 0.470 e. The van der Waals surface area contributed by atoms with Gasteiger partial charge < -0.3 is 4.18 Å². The third-order valence-corrected chi connectivity index (χ3v) is 7.35. The van der Waals surface area contributed by atoms with Crippen LogP contribution in [-0.2, 0) is 19.0 Å². The second-order valence-electron chi connectivity index (χ2n) is 3.93. The molecule has 10 heteroatoms. The SMILES string of the molecule is O=C1CCS(NS(=O)(=O)c2ccccc2)(C(F)(F)F)O1. The van der Waals surface area contributed by atoms with Crippen LogP contribution in [0.25, 0.3) is 0 Å². The molecule has 1 aromatic carbocycles. The quantitative estimate of drug-likeness (QED) is 0.921. The Balaban J connectivity index is 2.37. The number of hydrogen-bond acceptors (Lipinski definition) is 4. The van der Waals surface area contributed by atoms with Crippen molar-refractivity contribution in [2.45, 2.75) is 16.8 Å². The van der Waals surface area contributed by atoms with E-state index in [1.807, 2.05) is 0 Å². The van der Waals surface area contributed by atoms with Crippen LogP contribution in [0.15, 0.2) is 35.2 Å². The first-order valence-corrected chi connectivity index (χ1v) is 8.55. The van der Waals surface area contributed by atoms with Crippen LogP contribution in [0, 0.1) is 0 Å². The van der Waals surface area contributed by atoms with Crippen molar-refractivity contribution >= 4 is 26.5 Å². The number of sulfonamides is 1. The van der Waals surface area contributed by atoms with Gasteiger partial charge in [-0.15, -0.1) is 4.13 Å². The zero-order valence-corrected chi connectivity index (χ0v) is 11.5. The van der Waals surface area contributed by atoms with Crippen molar-refractivity contribution in [3.05, 3.63) is 30.3 Å². The molecule has 0 amide bonds. The molecule has 1 N–H and O–H groups in total. The monoisotopic (exact) mass is 329 g/mol. The lowest BCUT2D eigenvalue weighted by Gasteiger charge is -2.34. The highest BCUT2D eigenvalue weighted by Gasteiger charge is 2.59. The van der Waals surface area contributed by atoms with Crippen molar-refractivity contribution in [1.29, 1.82) is 0 Å². The number of hydrogen-bond donors (Lipinski definition) is 1. The lowest BCUT2D eigenvalue weighted by Crippen LogP contribution is -2.37. The summed E-state index contributed by atoms with van der Waals surface area (Å²) in [5.74, 6) is -1.77.